The van der Waals surface area contributed by atoms with Gasteiger partial charge in [0, 0.05) is 17.4 Å². The first-order chi connectivity index (χ1) is 9.12. The molecule has 4 nitrogen and oxygen atoms in total. The summed E-state index contributed by atoms with van der Waals surface area (Å²) in [6, 6.07) is 8.27. The minimum atomic E-state index is 0.652. The number of nitrogens with one attached hydrogen (secondary N) is 1. The molecule has 0 saturated carbocycles. The molecular weight excluding hydrogens is 256 g/mol. The third-order valence-corrected chi connectivity index (χ3v) is 3.85. The van der Waals surface area contributed by atoms with Gasteiger partial charge < -0.3 is 5.43 Å². The Labute approximate surface area is 117 Å². The summed E-state index contributed by atoms with van der Waals surface area (Å²) in [5, 5.41) is 0.909. The van der Waals surface area contributed by atoms with Crippen LogP contribution in [0.1, 0.15) is 23.9 Å². The van der Waals surface area contributed by atoms with Gasteiger partial charge in [-0.05, 0) is 25.5 Å². The van der Waals surface area contributed by atoms with Crippen molar-refractivity contribution in [3.05, 3.63) is 41.2 Å². The van der Waals surface area contributed by atoms with Crippen molar-refractivity contribution in [3.8, 4) is 0 Å². The van der Waals surface area contributed by atoms with Crippen molar-refractivity contribution in [1.29, 1.82) is 0 Å². The van der Waals surface area contributed by atoms with E-state index >= 15 is 0 Å². The first-order valence-corrected chi connectivity index (χ1v) is 7.03. The zero-order chi connectivity index (χ0) is 13.8. The monoisotopic (exact) mass is 274 g/mol. The minimum absolute atomic E-state index is 0.652. The van der Waals surface area contributed by atoms with Gasteiger partial charge in [0.15, 0.2) is 0 Å². The highest BCUT2D eigenvalue weighted by Gasteiger charge is 2.06. The Hall–Kier alpha value is -1.59. The van der Waals surface area contributed by atoms with Gasteiger partial charge in [-0.3, -0.25) is 0 Å². The van der Waals surface area contributed by atoms with Crippen LogP contribution in [-0.4, -0.2) is 9.97 Å². The number of hydrazine groups is 1. The van der Waals surface area contributed by atoms with E-state index in [1.807, 2.05) is 13.0 Å². The smallest absolute Gasteiger partial charge is 0.144 e. The molecule has 0 fully saturated rings. The molecule has 0 saturated heterocycles. The van der Waals surface area contributed by atoms with Crippen LogP contribution in [0.2, 0.25) is 0 Å². The summed E-state index contributed by atoms with van der Waals surface area (Å²) in [4.78, 5) is 10.0. The molecule has 0 amide bonds. The Bertz CT molecular complexity index is 561. The second-order valence-electron chi connectivity index (χ2n) is 4.38. The first kappa shape index (κ1) is 13.8. The summed E-state index contributed by atoms with van der Waals surface area (Å²) in [6.45, 7) is 6.23. The molecule has 2 aromatic rings. The minimum Gasteiger partial charge on any atom is -0.308 e. The van der Waals surface area contributed by atoms with E-state index in [0.29, 0.717) is 5.82 Å². The summed E-state index contributed by atoms with van der Waals surface area (Å²) < 4.78 is 0. The van der Waals surface area contributed by atoms with Crippen molar-refractivity contribution in [1.82, 2.24) is 9.97 Å². The molecule has 0 aliphatic heterocycles. The SMILES string of the molecule is CCc1nc(NN)cc(Sc2ccc(C)cc2C)n1. The second-order valence-corrected chi connectivity index (χ2v) is 5.44. The number of nitrogens with zero attached hydrogens (tertiary/aromatic N) is 2. The third-order valence-electron chi connectivity index (χ3n) is 2.76. The average Bonchev–Trinajstić information content (AvgIpc) is 2.41. The zero-order valence-electron chi connectivity index (χ0n) is 11.4. The van der Waals surface area contributed by atoms with Crippen molar-refractivity contribution < 1.29 is 0 Å². The molecule has 1 aromatic heterocycles. The van der Waals surface area contributed by atoms with Gasteiger partial charge in [0.25, 0.3) is 0 Å². The van der Waals surface area contributed by atoms with E-state index in [4.69, 9.17) is 5.84 Å². The molecule has 0 spiro atoms. The summed E-state index contributed by atoms with van der Waals surface area (Å²) in [5.41, 5.74) is 5.11. The Morgan fingerprint density at radius 3 is 2.63 bits per heavy atom. The zero-order valence-corrected chi connectivity index (χ0v) is 12.2. The molecule has 0 unspecified atom stereocenters. The van der Waals surface area contributed by atoms with Gasteiger partial charge in [0.05, 0.1) is 0 Å². The summed E-state index contributed by atoms with van der Waals surface area (Å²) in [6.07, 6.45) is 0.788. The van der Waals surface area contributed by atoms with Gasteiger partial charge in [0.1, 0.15) is 16.7 Å². The van der Waals surface area contributed by atoms with Crippen molar-refractivity contribution in [3.63, 3.8) is 0 Å². The number of rotatable bonds is 4. The van der Waals surface area contributed by atoms with E-state index in [0.717, 1.165) is 17.3 Å². The molecule has 2 rings (SSSR count). The maximum absolute atomic E-state index is 5.44. The number of nitrogens with two attached hydrogens (primary N) is 1. The van der Waals surface area contributed by atoms with E-state index in [1.165, 1.54) is 16.0 Å². The lowest BCUT2D eigenvalue weighted by Crippen LogP contribution is -2.10. The van der Waals surface area contributed by atoms with Crippen molar-refractivity contribution >= 4 is 17.6 Å². The number of hydrogen-bond acceptors (Lipinski definition) is 5. The Morgan fingerprint density at radius 2 is 2.00 bits per heavy atom. The number of nitrogen functional groups attached to an aromatic ring is 1. The Morgan fingerprint density at radius 1 is 1.21 bits per heavy atom. The standard InChI is InChI=1S/C14H18N4S/c1-4-12-16-13(18-15)8-14(17-12)19-11-6-5-9(2)7-10(11)3/h5-8H,4,15H2,1-3H3,(H,16,17,18). The lowest BCUT2D eigenvalue weighted by molar-refractivity contribution is 0.888. The average molecular weight is 274 g/mol. The van der Waals surface area contributed by atoms with Crippen LogP contribution in [0.25, 0.3) is 0 Å². The largest absolute Gasteiger partial charge is 0.308 e. The predicted octanol–water partition coefficient (Wildman–Crippen LogP) is 3.09. The molecule has 0 aliphatic carbocycles. The molecule has 1 aromatic carbocycles. The van der Waals surface area contributed by atoms with Crippen LogP contribution in [-0.2, 0) is 6.42 Å². The Kier molecular flexibility index (Phi) is 4.39. The molecule has 5 heteroatoms. The van der Waals surface area contributed by atoms with Gasteiger partial charge in [-0.1, -0.05) is 36.4 Å². The summed E-state index contributed by atoms with van der Waals surface area (Å²) in [5.74, 6) is 6.88. The number of benzene rings is 1. The van der Waals surface area contributed by atoms with Crippen molar-refractivity contribution in [2.45, 2.75) is 37.1 Å². The first-order valence-electron chi connectivity index (χ1n) is 6.22. The van der Waals surface area contributed by atoms with E-state index in [1.54, 1.807) is 11.8 Å². The topological polar surface area (TPSA) is 63.8 Å². The van der Waals surface area contributed by atoms with E-state index in [9.17, 15) is 0 Å². The molecule has 0 aliphatic rings. The Balaban J connectivity index is 2.31. The lowest BCUT2D eigenvalue weighted by atomic mass is 10.2. The van der Waals surface area contributed by atoms with Crippen LogP contribution in [0, 0.1) is 13.8 Å². The molecule has 19 heavy (non-hydrogen) atoms. The quantitative estimate of drug-likeness (QED) is 0.509. The highest BCUT2D eigenvalue weighted by Crippen LogP contribution is 2.30. The molecular formula is C14H18N4S. The molecule has 1 heterocycles. The second kappa shape index (κ2) is 6.04. The van der Waals surface area contributed by atoms with Crippen LogP contribution in [0.4, 0.5) is 5.82 Å². The summed E-state index contributed by atoms with van der Waals surface area (Å²) >= 11 is 1.64. The maximum atomic E-state index is 5.44. The van der Waals surface area contributed by atoms with E-state index in [2.05, 4.69) is 47.4 Å². The van der Waals surface area contributed by atoms with Gasteiger partial charge in [-0.2, -0.15) is 0 Å². The van der Waals surface area contributed by atoms with Crippen LogP contribution < -0.4 is 11.3 Å². The number of hydrogen-bond donors (Lipinski definition) is 2. The molecule has 0 bridgehead atoms. The maximum Gasteiger partial charge on any atom is 0.144 e. The van der Waals surface area contributed by atoms with Gasteiger partial charge in [0.2, 0.25) is 0 Å². The fourth-order valence-corrected chi connectivity index (χ4v) is 2.69. The van der Waals surface area contributed by atoms with E-state index < -0.39 is 0 Å². The van der Waals surface area contributed by atoms with Crippen LogP contribution >= 0.6 is 11.8 Å². The van der Waals surface area contributed by atoms with E-state index in [-0.39, 0.29) is 0 Å². The number of aromatic nitrogens is 2. The molecule has 0 radical (unpaired) electrons. The van der Waals surface area contributed by atoms with Crippen LogP contribution in [0.15, 0.2) is 34.2 Å². The highest BCUT2D eigenvalue weighted by molar-refractivity contribution is 7.99. The van der Waals surface area contributed by atoms with Gasteiger partial charge in [-0.25, -0.2) is 15.8 Å². The fourth-order valence-electron chi connectivity index (χ4n) is 1.78. The molecule has 3 N–H and O–H groups in total. The van der Waals surface area contributed by atoms with Crippen molar-refractivity contribution in [2.75, 3.05) is 5.43 Å². The normalized spacial score (nSPS) is 10.5. The molecule has 100 valence electrons. The number of aryl methyl sites for hydroxylation is 3. The lowest BCUT2D eigenvalue weighted by Gasteiger charge is -2.08. The van der Waals surface area contributed by atoms with Crippen LogP contribution in [0.5, 0.6) is 0 Å². The highest BCUT2D eigenvalue weighted by atomic mass is 32.2. The summed E-state index contributed by atoms with van der Waals surface area (Å²) in [7, 11) is 0. The third kappa shape index (κ3) is 3.45. The predicted molar refractivity (Wildman–Crippen MR) is 79.3 cm³/mol. The van der Waals surface area contributed by atoms with Gasteiger partial charge in [-0.15, -0.1) is 0 Å². The molecule has 0 atom stereocenters. The fraction of sp³-hybridized carbons (Fsp3) is 0.286. The van der Waals surface area contributed by atoms with Gasteiger partial charge >= 0.3 is 0 Å². The number of anilines is 1. The van der Waals surface area contributed by atoms with Crippen LogP contribution in [0.3, 0.4) is 0 Å². The van der Waals surface area contributed by atoms with Crippen molar-refractivity contribution in [2.24, 2.45) is 5.84 Å².